The molecule has 8 heteroatoms. The van der Waals surface area contributed by atoms with Gasteiger partial charge in [0.2, 0.25) is 0 Å². The van der Waals surface area contributed by atoms with E-state index in [2.05, 4.69) is 15.0 Å². The summed E-state index contributed by atoms with van der Waals surface area (Å²) in [6.45, 7) is 0. The van der Waals surface area contributed by atoms with E-state index in [1.165, 1.54) is 12.7 Å². The molecule has 1 aliphatic carbocycles. The van der Waals surface area contributed by atoms with Gasteiger partial charge in [-0.2, -0.15) is 0 Å². The average molecular weight is 250 g/mol. The number of anilines is 1. The lowest BCUT2D eigenvalue weighted by Gasteiger charge is -2.17. The maximum absolute atomic E-state index is 9.98. The molecular weight excluding hydrogens is 236 g/mol. The van der Waals surface area contributed by atoms with Crippen LogP contribution in [0.25, 0.3) is 11.2 Å². The standard InChI is InChI=1S/C10H14N6O2/c11-4-1-5(8(18)7(4)17)16-3-15-6-9(12)13-2-14-10(6)16/h2-5,7-8,17-18H,1,11H2,(H2,12,13,14)/t4-,5+,7+,8-/m1/s1. The summed E-state index contributed by atoms with van der Waals surface area (Å²) in [4.78, 5) is 12.1. The lowest BCUT2D eigenvalue weighted by molar-refractivity contribution is 0.0187. The number of hydrogen-bond acceptors (Lipinski definition) is 7. The fourth-order valence-corrected chi connectivity index (χ4v) is 2.43. The Labute approximate surface area is 102 Å². The van der Waals surface area contributed by atoms with Gasteiger partial charge in [0.15, 0.2) is 11.5 Å². The van der Waals surface area contributed by atoms with Crippen molar-refractivity contribution in [1.29, 1.82) is 0 Å². The summed E-state index contributed by atoms with van der Waals surface area (Å²) in [6, 6.07) is -0.809. The van der Waals surface area contributed by atoms with Crippen LogP contribution in [0, 0.1) is 0 Å². The van der Waals surface area contributed by atoms with Crippen LogP contribution < -0.4 is 11.5 Å². The number of fused-ring (bicyclic) bond motifs is 1. The van der Waals surface area contributed by atoms with Crippen molar-refractivity contribution < 1.29 is 10.2 Å². The van der Waals surface area contributed by atoms with E-state index in [0.717, 1.165) is 0 Å². The fourth-order valence-electron chi connectivity index (χ4n) is 2.43. The SMILES string of the molecule is Nc1ncnc2c1ncn2[C@H]1C[C@@H](N)[C@H](O)[C@@H]1O. The van der Waals surface area contributed by atoms with Gasteiger partial charge in [-0.15, -0.1) is 0 Å². The summed E-state index contributed by atoms with van der Waals surface area (Å²) in [5.74, 6) is 0.288. The number of imidazole rings is 1. The van der Waals surface area contributed by atoms with Gasteiger partial charge >= 0.3 is 0 Å². The number of hydrogen-bond donors (Lipinski definition) is 4. The highest BCUT2D eigenvalue weighted by molar-refractivity contribution is 5.81. The molecule has 2 aromatic heterocycles. The summed E-state index contributed by atoms with van der Waals surface area (Å²) >= 11 is 0. The Kier molecular flexibility index (Phi) is 2.44. The number of nitrogens with zero attached hydrogens (tertiary/aromatic N) is 4. The number of aromatic nitrogens is 4. The van der Waals surface area contributed by atoms with Crippen LogP contribution in [0.3, 0.4) is 0 Å². The smallest absolute Gasteiger partial charge is 0.165 e. The number of rotatable bonds is 1. The Balaban J connectivity index is 2.08. The van der Waals surface area contributed by atoms with E-state index in [0.29, 0.717) is 17.6 Å². The van der Waals surface area contributed by atoms with Gasteiger partial charge in [-0.1, -0.05) is 0 Å². The molecule has 0 saturated heterocycles. The van der Waals surface area contributed by atoms with E-state index in [9.17, 15) is 10.2 Å². The van der Waals surface area contributed by atoms with Gasteiger partial charge in [0.05, 0.1) is 18.5 Å². The second kappa shape index (κ2) is 3.87. The van der Waals surface area contributed by atoms with Crippen LogP contribution in [0.4, 0.5) is 5.82 Å². The molecule has 1 saturated carbocycles. The van der Waals surface area contributed by atoms with Gasteiger partial charge < -0.3 is 26.2 Å². The van der Waals surface area contributed by atoms with Crippen molar-refractivity contribution in [2.45, 2.75) is 30.7 Å². The van der Waals surface area contributed by atoms with E-state index in [1.807, 2.05) is 0 Å². The molecule has 0 amide bonds. The van der Waals surface area contributed by atoms with Gasteiger partial charge in [0, 0.05) is 6.04 Å². The molecule has 0 spiro atoms. The maximum Gasteiger partial charge on any atom is 0.165 e. The van der Waals surface area contributed by atoms with Crippen LogP contribution in [0.15, 0.2) is 12.7 Å². The van der Waals surface area contributed by atoms with Gasteiger partial charge in [-0.3, -0.25) is 0 Å². The van der Waals surface area contributed by atoms with Gasteiger partial charge in [0.1, 0.15) is 17.9 Å². The zero-order valence-electron chi connectivity index (χ0n) is 9.51. The highest BCUT2D eigenvalue weighted by atomic mass is 16.3. The molecule has 2 aromatic rings. The van der Waals surface area contributed by atoms with E-state index >= 15 is 0 Å². The number of aliphatic hydroxyl groups excluding tert-OH is 2. The summed E-state index contributed by atoms with van der Waals surface area (Å²) in [6.07, 6.45) is 1.46. The van der Waals surface area contributed by atoms with Crippen molar-refractivity contribution in [2.75, 3.05) is 5.73 Å². The van der Waals surface area contributed by atoms with Crippen molar-refractivity contribution in [3.05, 3.63) is 12.7 Å². The van der Waals surface area contributed by atoms with Crippen LogP contribution in [-0.4, -0.2) is 48.0 Å². The van der Waals surface area contributed by atoms with E-state index in [-0.39, 0.29) is 11.9 Å². The Bertz CT molecular complexity index is 585. The van der Waals surface area contributed by atoms with E-state index in [4.69, 9.17) is 11.5 Å². The minimum Gasteiger partial charge on any atom is -0.389 e. The first-order valence-electron chi connectivity index (χ1n) is 5.64. The predicted octanol–water partition coefficient (Wildman–Crippen LogP) is -1.60. The number of aliphatic hydroxyl groups is 2. The molecule has 4 atom stereocenters. The minimum absolute atomic E-state index is 0.288. The monoisotopic (exact) mass is 250 g/mol. The fraction of sp³-hybridized carbons (Fsp3) is 0.500. The van der Waals surface area contributed by atoms with Crippen molar-refractivity contribution in [2.24, 2.45) is 5.73 Å². The van der Waals surface area contributed by atoms with E-state index in [1.54, 1.807) is 4.57 Å². The third kappa shape index (κ3) is 1.47. The molecule has 2 heterocycles. The summed E-state index contributed by atoms with van der Waals surface area (Å²) < 4.78 is 1.69. The Morgan fingerprint density at radius 2 is 2.00 bits per heavy atom. The predicted molar refractivity (Wildman–Crippen MR) is 63.4 cm³/mol. The molecule has 3 rings (SSSR count). The molecule has 0 radical (unpaired) electrons. The topological polar surface area (TPSA) is 136 Å². The largest absolute Gasteiger partial charge is 0.389 e. The zero-order chi connectivity index (χ0) is 12.9. The van der Waals surface area contributed by atoms with Crippen molar-refractivity contribution in [1.82, 2.24) is 19.5 Å². The summed E-state index contributed by atoms with van der Waals surface area (Å²) in [5.41, 5.74) is 12.5. The second-order valence-corrected chi connectivity index (χ2v) is 4.53. The molecule has 1 aliphatic rings. The van der Waals surface area contributed by atoms with Crippen LogP contribution in [0.5, 0.6) is 0 Å². The average Bonchev–Trinajstić information content (AvgIpc) is 2.88. The number of nitrogens with two attached hydrogens (primary N) is 2. The lowest BCUT2D eigenvalue weighted by atomic mass is 10.2. The molecule has 0 aromatic carbocycles. The molecule has 18 heavy (non-hydrogen) atoms. The number of nitrogen functional groups attached to an aromatic ring is 1. The summed E-state index contributed by atoms with van der Waals surface area (Å²) in [7, 11) is 0. The molecule has 8 nitrogen and oxygen atoms in total. The Morgan fingerprint density at radius 3 is 2.67 bits per heavy atom. The van der Waals surface area contributed by atoms with Crippen LogP contribution in [-0.2, 0) is 0 Å². The van der Waals surface area contributed by atoms with Crippen molar-refractivity contribution >= 4 is 17.0 Å². The molecule has 6 N–H and O–H groups in total. The van der Waals surface area contributed by atoms with Gasteiger partial charge in [0.25, 0.3) is 0 Å². The normalized spacial score (nSPS) is 32.2. The molecule has 0 aliphatic heterocycles. The Hall–Kier alpha value is -1.77. The second-order valence-electron chi connectivity index (χ2n) is 4.53. The highest BCUT2D eigenvalue weighted by Crippen LogP contribution is 2.32. The summed E-state index contributed by atoms with van der Waals surface area (Å²) in [5, 5.41) is 19.7. The molecule has 0 bridgehead atoms. The third-order valence-electron chi connectivity index (χ3n) is 3.44. The highest BCUT2D eigenvalue weighted by Gasteiger charge is 2.41. The zero-order valence-corrected chi connectivity index (χ0v) is 9.51. The Morgan fingerprint density at radius 1 is 1.22 bits per heavy atom. The van der Waals surface area contributed by atoms with Crippen LogP contribution in [0.1, 0.15) is 12.5 Å². The van der Waals surface area contributed by atoms with Crippen molar-refractivity contribution in [3.63, 3.8) is 0 Å². The minimum atomic E-state index is -0.938. The van der Waals surface area contributed by atoms with Crippen LogP contribution >= 0.6 is 0 Å². The van der Waals surface area contributed by atoms with E-state index < -0.39 is 18.2 Å². The molecule has 0 unspecified atom stereocenters. The molecule has 96 valence electrons. The lowest BCUT2D eigenvalue weighted by Crippen LogP contribution is -2.35. The van der Waals surface area contributed by atoms with Gasteiger partial charge in [-0.05, 0) is 6.42 Å². The third-order valence-corrected chi connectivity index (χ3v) is 3.44. The van der Waals surface area contributed by atoms with Crippen LogP contribution in [0.2, 0.25) is 0 Å². The van der Waals surface area contributed by atoms with Gasteiger partial charge in [-0.25, -0.2) is 15.0 Å². The first-order valence-corrected chi connectivity index (χ1v) is 5.64. The first-order chi connectivity index (χ1) is 8.59. The van der Waals surface area contributed by atoms with Crippen molar-refractivity contribution in [3.8, 4) is 0 Å². The molecular formula is C10H14N6O2. The quantitative estimate of drug-likeness (QED) is 0.478. The molecule has 1 fully saturated rings. The first kappa shape index (κ1) is 11.3. The maximum atomic E-state index is 9.98.